The van der Waals surface area contributed by atoms with E-state index in [0.717, 1.165) is 16.1 Å². The van der Waals surface area contributed by atoms with Crippen molar-refractivity contribution in [2.24, 2.45) is 5.73 Å². The minimum absolute atomic E-state index is 0.0568. The van der Waals surface area contributed by atoms with Crippen LogP contribution in [0.15, 0.2) is 16.2 Å². The summed E-state index contributed by atoms with van der Waals surface area (Å²) in [7, 11) is 0. The molecule has 0 saturated carbocycles. The minimum Gasteiger partial charge on any atom is -0.373 e. The van der Waals surface area contributed by atoms with E-state index in [1.807, 2.05) is 29.9 Å². The van der Waals surface area contributed by atoms with Gasteiger partial charge in [-0.1, -0.05) is 0 Å². The molecule has 3 heterocycles. The molecular formula is C15H16N2O3S. The van der Waals surface area contributed by atoms with Crippen LogP contribution in [0.5, 0.6) is 0 Å². The maximum atomic E-state index is 12.7. The van der Waals surface area contributed by atoms with Gasteiger partial charge in [0.15, 0.2) is 0 Å². The SMILES string of the molecule is Cc1csc(-c2c(C)n3c(c(C(N)=O)c2=O)COCC3)c1. The predicted octanol–water partition coefficient (Wildman–Crippen LogP) is 1.82. The number of amides is 1. The average molecular weight is 304 g/mol. The number of carbonyl (C=O) groups is 1. The van der Waals surface area contributed by atoms with Crippen molar-refractivity contribution >= 4 is 17.2 Å². The van der Waals surface area contributed by atoms with Crippen LogP contribution in [0.3, 0.4) is 0 Å². The van der Waals surface area contributed by atoms with Crippen molar-refractivity contribution in [2.75, 3.05) is 6.61 Å². The molecule has 0 unspecified atom stereocenters. The highest BCUT2D eigenvalue weighted by Gasteiger charge is 2.25. The molecule has 0 atom stereocenters. The van der Waals surface area contributed by atoms with E-state index in [9.17, 15) is 9.59 Å². The first-order valence-corrected chi connectivity index (χ1v) is 7.58. The van der Waals surface area contributed by atoms with E-state index in [2.05, 4.69) is 0 Å². The molecular weight excluding hydrogens is 288 g/mol. The monoisotopic (exact) mass is 304 g/mol. The van der Waals surface area contributed by atoms with Crippen LogP contribution in [0.1, 0.15) is 27.3 Å². The van der Waals surface area contributed by atoms with E-state index >= 15 is 0 Å². The molecule has 0 bridgehead atoms. The normalized spacial score (nSPS) is 14.0. The quantitative estimate of drug-likeness (QED) is 0.919. The summed E-state index contributed by atoms with van der Waals surface area (Å²) < 4.78 is 7.36. The third kappa shape index (κ3) is 2.20. The number of rotatable bonds is 2. The van der Waals surface area contributed by atoms with Crippen LogP contribution in [-0.4, -0.2) is 17.1 Å². The molecule has 21 heavy (non-hydrogen) atoms. The number of aryl methyl sites for hydroxylation is 1. The fourth-order valence-corrected chi connectivity index (χ4v) is 3.77. The van der Waals surface area contributed by atoms with Crippen molar-refractivity contribution in [2.45, 2.75) is 27.0 Å². The standard InChI is InChI=1S/C15H16N2O3S/c1-8-5-11(21-7-8)12-9(2)17-3-4-20-6-10(17)13(14(12)18)15(16)19/h5,7H,3-4,6H2,1-2H3,(H2,16,19). The van der Waals surface area contributed by atoms with Gasteiger partial charge in [0.25, 0.3) is 5.91 Å². The Labute approximate surface area is 126 Å². The van der Waals surface area contributed by atoms with E-state index < -0.39 is 5.91 Å². The Morgan fingerprint density at radius 1 is 1.43 bits per heavy atom. The number of hydrogen-bond donors (Lipinski definition) is 1. The number of primary amides is 1. The second-order valence-corrected chi connectivity index (χ2v) is 6.08. The lowest BCUT2D eigenvalue weighted by molar-refractivity contribution is 0.0798. The number of ether oxygens (including phenoxy) is 1. The van der Waals surface area contributed by atoms with Gasteiger partial charge in [-0.2, -0.15) is 0 Å². The molecule has 0 aliphatic carbocycles. The van der Waals surface area contributed by atoms with Gasteiger partial charge < -0.3 is 15.0 Å². The zero-order valence-corrected chi connectivity index (χ0v) is 12.8. The number of thiophene rings is 1. The van der Waals surface area contributed by atoms with E-state index in [-0.39, 0.29) is 17.6 Å². The molecule has 2 N–H and O–H groups in total. The lowest BCUT2D eigenvalue weighted by atomic mass is 10.0. The van der Waals surface area contributed by atoms with Crippen LogP contribution in [0, 0.1) is 13.8 Å². The van der Waals surface area contributed by atoms with Crippen LogP contribution in [0.2, 0.25) is 0 Å². The number of nitrogens with two attached hydrogens (primary N) is 1. The molecule has 1 amide bonds. The molecule has 2 aromatic rings. The third-order valence-corrected chi connectivity index (χ3v) is 4.82. The maximum Gasteiger partial charge on any atom is 0.254 e. The van der Waals surface area contributed by atoms with E-state index in [4.69, 9.17) is 10.5 Å². The third-order valence-electron chi connectivity index (χ3n) is 3.76. The van der Waals surface area contributed by atoms with E-state index in [1.165, 1.54) is 11.3 Å². The Kier molecular flexibility index (Phi) is 3.43. The van der Waals surface area contributed by atoms with Crippen LogP contribution in [0.4, 0.5) is 0 Å². The van der Waals surface area contributed by atoms with Gasteiger partial charge in [-0.3, -0.25) is 9.59 Å². The predicted molar refractivity (Wildman–Crippen MR) is 81.7 cm³/mol. The van der Waals surface area contributed by atoms with Gasteiger partial charge in [0, 0.05) is 17.1 Å². The largest absolute Gasteiger partial charge is 0.373 e. The van der Waals surface area contributed by atoms with Gasteiger partial charge >= 0.3 is 0 Å². The highest BCUT2D eigenvalue weighted by Crippen LogP contribution is 2.29. The summed E-state index contributed by atoms with van der Waals surface area (Å²) in [6, 6.07) is 1.96. The first kappa shape index (κ1) is 14.0. The second-order valence-electron chi connectivity index (χ2n) is 5.17. The Balaban J connectivity index is 2.38. The minimum atomic E-state index is -0.691. The molecule has 0 radical (unpaired) electrons. The zero-order valence-electron chi connectivity index (χ0n) is 11.9. The van der Waals surface area contributed by atoms with Crippen LogP contribution >= 0.6 is 11.3 Å². The van der Waals surface area contributed by atoms with Crippen molar-refractivity contribution in [1.82, 2.24) is 4.57 Å². The number of pyridine rings is 1. The number of aromatic nitrogens is 1. The summed E-state index contributed by atoms with van der Waals surface area (Å²) in [6.07, 6.45) is 0. The molecule has 3 rings (SSSR count). The van der Waals surface area contributed by atoms with Crippen molar-refractivity contribution in [3.63, 3.8) is 0 Å². The molecule has 0 aromatic carbocycles. The van der Waals surface area contributed by atoms with Gasteiger partial charge in [0.05, 0.1) is 24.5 Å². The van der Waals surface area contributed by atoms with Gasteiger partial charge in [-0.05, 0) is 30.9 Å². The van der Waals surface area contributed by atoms with E-state index in [1.54, 1.807) is 0 Å². The fraction of sp³-hybridized carbons (Fsp3) is 0.333. The summed E-state index contributed by atoms with van der Waals surface area (Å²) in [5, 5.41) is 1.99. The summed E-state index contributed by atoms with van der Waals surface area (Å²) in [6.45, 7) is 5.33. The average Bonchev–Trinajstić information content (AvgIpc) is 2.85. The first-order valence-electron chi connectivity index (χ1n) is 6.70. The summed E-state index contributed by atoms with van der Waals surface area (Å²) in [5.74, 6) is -0.691. The van der Waals surface area contributed by atoms with Crippen molar-refractivity contribution in [3.8, 4) is 10.4 Å². The number of fused-ring (bicyclic) bond motifs is 1. The van der Waals surface area contributed by atoms with Gasteiger partial charge in [-0.25, -0.2) is 0 Å². The van der Waals surface area contributed by atoms with Crippen LogP contribution in [-0.2, 0) is 17.9 Å². The van der Waals surface area contributed by atoms with Crippen LogP contribution in [0.25, 0.3) is 10.4 Å². The summed E-state index contributed by atoms with van der Waals surface area (Å²) in [5.41, 5.74) is 8.33. The smallest absolute Gasteiger partial charge is 0.254 e. The van der Waals surface area contributed by atoms with Gasteiger partial charge in [0.1, 0.15) is 5.56 Å². The van der Waals surface area contributed by atoms with Crippen LogP contribution < -0.4 is 11.2 Å². The first-order chi connectivity index (χ1) is 10.0. The molecule has 0 fully saturated rings. The highest BCUT2D eigenvalue weighted by atomic mass is 32.1. The molecule has 110 valence electrons. The Hall–Kier alpha value is -1.92. The lowest BCUT2D eigenvalue weighted by Gasteiger charge is -2.25. The van der Waals surface area contributed by atoms with E-state index in [0.29, 0.717) is 24.4 Å². The number of hydrogen-bond acceptors (Lipinski definition) is 4. The lowest BCUT2D eigenvalue weighted by Crippen LogP contribution is -2.33. The Bertz CT molecular complexity index is 789. The molecule has 1 aliphatic heterocycles. The van der Waals surface area contributed by atoms with Crippen molar-refractivity contribution in [3.05, 3.63) is 44.2 Å². The Morgan fingerprint density at radius 3 is 2.81 bits per heavy atom. The molecule has 0 saturated heterocycles. The fourth-order valence-electron chi connectivity index (χ4n) is 2.78. The molecule has 0 spiro atoms. The molecule has 2 aromatic heterocycles. The van der Waals surface area contributed by atoms with Gasteiger partial charge in [-0.15, -0.1) is 11.3 Å². The summed E-state index contributed by atoms with van der Waals surface area (Å²) in [4.78, 5) is 25.4. The maximum absolute atomic E-state index is 12.7. The van der Waals surface area contributed by atoms with Gasteiger partial charge in [0.2, 0.25) is 5.43 Å². The zero-order chi connectivity index (χ0) is 15.1. The number of nitrogens with zero attached hydrogens (tertiary/aromatic N) is 1. The molecule has 6 heteroatoms. The Morgan fingerprint density at radius 2 is 2.19 bits per heavy atom. The van der Waals surface area contributed by atoms with Crippen molar-refractivity contribution in [1.29, 1.82) is 0 Å². The molecule has 5 nitrogen and oxygen atoms in total. The summed E-state index contributed by atoms with van der Waals surface area (Å²) >= 11 is 1.51. The molecule has 1 aliphatic rings. The second kappa shape index (κ2) is 5.13. The number of carbonyl (C=O) groups excluding carboxylic acids is 1. The topological polar surface area (TPSA) is 74.3 Å². The van der Waals surface area contributed by atoms with Crippen molar-refractivity contribution < 1.29 is 9.53 Å². The highest BCUT2D eigenvalue weighted by molar-refractivity contribution is 7.13.